The van der Waals surface area contributed by atoms with E-state index in [1.807, 2.05) is 0 Å². The van der Waals surface area contributed by atoms with Crippen LogP contribution in [-0.4, -0.2) is 54.0 Å². The van der Waals surface area contributed by atoms with Gasteiger partial charge in [0.2, 0.25) is 0 Å². The Balaban J connectivity index is 2.52. The third kappa shape index (κ3) is 3.53. The van der Waals surface area contributed by atoms with Crippen LogP contribution in [0, 0.1) is 0 Å². The molecular weight excluding hydrogens is 180 g/mol. The van der Waals surface area contributed by atoms with Gasteiger partial charge < -0.3 is 15.6 Å². The predicted octanol–water partition coefficient (Wildman–Crippen LogP) is -0.195. The summed E-state index contributed by atoms with van der Waals surface area (Å²) in [6.07, 6.45) is -0.195. The van der Waals surface area contributed by atoms with Crippen LogP contribution < -0.4 is 5.73 Å². The molecule has 0 bridgehead atoms. The minimum Gasteiger partial charge on any atom is -0.392 e. The zero-order chi connectivity index (χ0) is 10.8. The molecule has 0 saturated carbocycles. The molecule has 0 aromatic rings. The second-order valence-electron chi connectivity index (χ2n) is 4.78. The van der Waals surface area contributed by atoms with Crippen LogP contribution in [0.1, 0.15) is 20.8 Å². The van der Waals surface area contributed by atoms with E-state index >= 15 is 0 Å². The first-order valence-electron chi connectivity index (χ1n) is 5.21. The van der Waals surface area contributed by atoms with Gasteiger partial charge in [-0.3, -0.25) is 4.90 Å². The number of rotatable bonds is 3. The van der Waals surface area contributed by atoms with Crippen LogP contribution in [0.4, 0.5) is 0 Å². The smallest absolute Gasteiger partial charge is 0.0831 e. The fraction of sp³-hybridized carbons (Fsp3) is 1.00. The average Bonchev–Trinajstić information content (AvgIpc) is 1.99. The summed E-state index contributed by atoms with van der Waals surface area (Å²) >= 11 is 0. The molecule has 4 nitrogen and oxygen atoms in total. The zero-order valence-electron chi connectivity index (χ0n) is 9.36. The summed E-state index contributed by atoms with van der Waals surface area (Å²) in [6.45, 7) is 8.84. The fourth-order valence-electron chi connectivity index (χ4n) is 2.05. The van der Waals surface area contributed by atoms with Gasteiger partial charge in [-0.05, 0) is 20.8 Å². The van der Waals surface area contributed by atoms with E-state index in [1.54, 1.807) is 6.92 Å². The maximum absolute atomic E-state index is 9.32. The van der Waals surface area contributed by atoms with Crippen molar-refractivity contribution in [1.29, 1.82) is 0 Å². The summed E-state index contributed by atoms with van der Waals surface area (Å²) in [7, 11) is 0. The van der Waals surface area contributed by atoms with Crippen molar-refractivity contribution in [3.63, 3.8) is 0 Å². The molecule has 1 heterocycles. The van der Waals surface area contributed by atoms with Gasteiger partial charge in [-0.2, -0.15) is 0 Å². The molecule has 0 amide bonds. The van der Waals surface area contributed by atoms with Gasteiger partial charge in [0, 0.05) is 26.2 Å². The molecule has 0 spiro atoms. The van der Waals surface area contributed by atoms with Gasteiger partial charge in [0.15, 0.2) is 0 Å². The van der Waals surface area contributed by atoms with Gasteiger partial charge in [-0.1, -0.05) is 0 Å². The largest absolute Gasteiger partial charge is 0.392 e. The van der Waals surface area contributed by atoms with E-state index in [4.69, 9.17) is 10.5 Å². The lowest BCUT2D eigenvalue weighted by molar-refractivity contribution is -0.136. The van der Waals surface area contributed by atoms with Crippen molar-refractivity contribution in [2.45, 2.75) is 38.6 Å². The van der Waals surface area contributed by atoms with E-state index in [9.17, 15) is 5.11 Å². The van der Waals surface area contributed by atoms with Gasteiger partial charge in [0.1, 0.15) is 0 Å². The first kappa shape index (κ1) is 11.9. The third-order valence-corrected chi connectivity index (χ3v) is 2.34. The van der Waals surface area contributed by atoms with E-state index in [2.05, 4.69) is 18.7 Å². The van der Waals surface area contributed by atoms with Crippen LogP contribution in [0.5, 0.6) is 0 Å². The van der Waals surface area contributed by atoms with Crippen molar-refractivity contribution in [1.82, 2.24) is 4.90 Å². The lowest BCUT2D eigenvalue weighted by Gasteiger charge is -2.42. The average molecular weight is 202 g/mol. The molecule has 14 heavy (non-hydrogen) atoms. The molecule has 84 valence electrons. The predicted molar refractivity (Wildman–Crippen MR) is 56.1 cm³/mol. The Morgan fingerprint density at radius 3 is 2.79 bits per heavy atom. The number of aliphatic hydroxyl groups excluding tert-OH is 1. The summed E-state index contributed by atoms with van der Waals surface area (Å²) in [4.78, 5) is 2.21. The van der Waals surface area contributed by atoms with Crippen molar-refractivity contribution >= 4 is 0 Å². The molecular formula is C10H22N2O2. The second-order valence-corrected chi connectivity index (χ2v) is 4.78. The van der Waals surface area contributed by atoms with Crippen molar-refractivity contribution in [2.24, 2.45) is 5.73 Å². The van der Waals surface area contributed by atoms with Crippen LogP contribution in [0.15, 0.2) is 0 Å². The van der Waals surface area contributed by atoms with E-state index in [-0.39, 0.29) is 17.8 Å². The molecule has 2 atom stereocenters. The van der Waals surface area contributed by atoms with Crippen molar-refractivity contribution in [3.05, 3.63) is 0 Å². The summed E-state index contributed by atoms with van der Waals surface area (Å²) in [6, 6.07) is 0. The van der Waals surface area contributed by atoms with Crippen molar-refractivity contribution in [3.8, 4) is 0 Å². The normalized spacial score (nSPS) is 30.2. The SMILES string of the molecule is CC(O)CN1CC(CN)OC(C)(C)C1. The Kier molecular flexibility index (Phi) is 3.89. The number of nitrogens with two attached hydrogens (primary N) is 1. The Labute approximate surface area is 86.0 Å². The summed E-state index contributed by atoms with van der Waals surface area (Å²) in [5.41, 5.74) is 5.45. The van der Waals surface area contributed by atoms with Crippen LogP contribution in [0.3, 0.4) is 0 Å². The van der Waals surface area contributed by atoms with Gasteiger partial charge in [0.25, 0.3) is 0 Å². The standard InChI is InChI=1S/C10H22N2O2/c1-8(13)5-12-6-9(4-11)14-10(2,3)7-12/h8-9,13H,4-7,11H2,1-3H3. The molecule has 2 unspecified atom stereocenters. The molecule has 1 rings (SSSR count). The molecule has 1 saturated heterocycles. The van der Waals surface area contributed by atoms with Crippen LogP contribution in [0.2, 0.25) is 0 Å². The summed E-state index contributed by atoms with van der Waals surface area (Å²) in [5, 5.41) is 9.32. The molecule has 3 N–H and O–H groups in total. The first-order chi connectivity index (χ1) is 6.43. The van der Waals surface area contributed by atoms with Gasteiger partial charge in [0.05, 0.1) is 17.8 Å². The van der Waals surface area contributed by atoms with Crippen LogP contribution in [0.25, 0.3) is 0 Å². The zero-order valence-corrected chi connectivity index (χ0v) is 9.36. The van der Waals surface area contributed by atoms with Crippen LogP contribution >= 0.6 is 0 Å². The number of hydrogen-bond acceptors (Lipinski definition) is 4. The van der Waals surface area contributed by atoms with Gasteiger partial charge in [-0.25, -0.2) is 0 Å². The number of morpholine rings is 1. The molecule has 1 aliphatic rings. The second kappa shape index (κ2) is 4.57. The molecule has 0 aromatic carbocycles. The van der Waals surface area contributed by atoms with E-state index in [0.717, 1.165) is 13.1 Å². The molecule has 1 aliphatic heterocycles. The maximum atomic E-state index is 9.32. The van der Waals surface area contributed by atoms with E-state index in [0.29, 0.717) is 13.1 Å². The molecule has 4 heteroatoms. The highest BCUT2D eigenvalue weighted by Gasteiger charge is 2.32. The Bertz CT molecular complexity index is 183. The van der Waals surface area contributed by atoms with Gasteiger partial charge >= 0.3 is 0 Å². The van der Waals surface area contributed by atoms with Gasteiger partial charge in [-0.15, -0.1) is 0 Å². The lowest BCUT2D eigenvalue weighted by atomic mass is 10.0. The Morgan fingerprint density at radius 2 is 2.29 bits per heavy atom. The fourth-order valence-corrected chi connectivity index (χ4v) is 2.05. The number of hydrogen-bond donors (Lipinski definition) is 2. The molecule has 0 radical (unpaired) electrons. The Hall–Kier alpha value is -0.160. The van der Waals surface area contributed by atoms with E-state index in [1.165, 1.54) is 0 Å². The number of nitrogens with zero attached hydrogens (tertiary/aromatic N) is 1. The number of ether oxygens (including phenoxy) is 1. The minimum absolute atomic E-state index is 0.0949. The van der Waals surface area contributed by atoms with Crippen molar-refractivity contribution in [2.75, 3.05) is 26.2 Å². The van der Waals surface area contributed by atoms with Crippen molar-refractivity contribution < 1.29 is 9.84 Å². The first-order valence-corrected chi connectivity index (χ1v) is 5.21. The number of aliphatic hydroxyl groups is 1. The Morgan fingerprint density at radius 1 is 1.64 bits per heavy atom. The van der Waals surface area contributed by atoms with E-state index < -0.39 is 0 Å². The molecule has 1 fully saturated rings. The topological polar surface area (TPSA) is 58.7 Å². The molecule has 0 aromatic heterocycles. The highest BCUT2D eigenvalue weighted by atomic mass is 16.5. The summed E-state index contributed by atoms with van der Waals surface area (Å²) < 4.78 is 5.79. The highest BCUT2D eigenvalue weighted by Crippen LogP contribution is 2.20. The maximum Gasteiger partial charge on any atom is 0.0831 e. The lowest BCUT2D eigenvalue weighted by Crippen LogP contribution is -2.55. The highest BCUT2D eigenvalue weighted by molar-refractivity contribution is 4.84. The minimum atomic E-state index is -0.290. The number of β-amino-alcohol motifs (C(OH)–C–C–N with tert-alkyl or cyclic N) is 1. The van der Waals surface area contributed by atoms with Crippen LogP contribution in [-0.2, 0) is 4.74 Å². The molecule has 0 aliphatic carbocycles. The summed E-state index contributed by atoms with van der Waals surface area (Å²) in [5.74, 6) is 0. The quantitative estimate of drug-likeness (QED) is 0.666. The monoisotopic (exact) mass is 202 g/mol. The third-order valence-electron chi connectivity index (χ3n) is 2.34.